The summed E-state index contributed by atoms with van der Waals surface area (Å²) < 4.78 is 0. The lowest BCUT2D eigenvalue weighted by Crippen LogP contribution is -2.66. The summed E-state index contributed by atoms with van der Waals surface area (Å²) in [6, 6.07) is 0.856. The van der Waals surface area contributed by atoms with Gasteiger partial charge in [0.1, 0.15) is 0 Å². The zero-order valence-electron chi connectivity index (χ0n) is 12.8. The summed E-state index contributed by atoms with van der Waals surface area (Å²) in [6.07, 6.45) is 9.13. The topological polar surface area (TPSA) is 15.3 Å². The monoisotopic (exact) mass is 250 g/mol. The van der Waals surface area contributed by atoms with Crippen LogP contribution < -0.4 is 5.32 Å². The average molecular weight is 250 g/mol. The number of nitrogens with one attached hydrogen (secondary N) is 1. The third-order valence-corrected chi connectivity index (χ3v) is 4.70. The highest BCUT2D eigenvalue weighted by Crippen LogP contribution is 2.27. The molecule has 1 N–H and O–H groups in total. The van der Waals surface area contributed by atoms with E-state index >= 15 is 0 Å². The molecule has 0 aliphatic carbocycles. The zero-order valence-corrected chi connectivity index (χ0v) is 12.8. The van der Waals surface area contributed by atoms with E-state index in [1.807, 2.05) is 0 Å². The van der Waals surface area contributed by atoms with Gasteiger partial charge in [-0.1, -0.05) is 40.5 Å². The van der Waals surface area contributed by atoms with Crippen molar-refractivity contribution >= 4 is 0 Å². The molecule has 18 heavy (non-hydrogen) atoms. The first-order valence-corrected chi connectivity index (χ1v) is 7.50. The fourth-order valence-corrected chi connectivity index (χ4v) is 3.09. The van der Waals surface area contributed by atoms with Crippen molar-refractivity contribution in [1.29, 1.82) is 0 Å². The second-order valence-corrected chi connectivity index (χ2v) is 5.94. The van der Waals surface area contributed by atoms with Crippen LogP contribution >= 0.6 is 0 Å². The van der Waals surface area contributed by atoms with Crippen LogP contribution in [0.4, 0.5) is 0 Å². The van der Waals surface area contributed by atoms with Gasteiger partial charge >= 0.3 is 0 Å². The van der Waals surface area contributed by atoms with Gasteiger partial charge < -0.3 is 5.32 Å². The van der Waals surface area contributed by atoms with Crippen LogP contribution in [0.5, 0.6) is 0 Å². The van der Waals surface area contributed by atoms with E-state index in [1.54, 1.807) is 0 Å². The second-order valence-electron chi connectivity index (χ2n) is 5.94. The number of terminal acetylenes is 1. The van der Waals surface area contributed by atoms with Gasteiger partial charge in [0.05, 0.1) is 6.04 Å². The normalized spacial score (nSPS) is 25.9. The first-order valence-electron chi connectivity index (χ1n) is 7.50. The summed E-state index contributed by atoms with van der Waals surface area (Å²) in [5.41, 5.74) is 0.260. The third kappa shape index (κ3) is 3.08. The minimum absolute atomic E-state index is 0.260. The Morgan fingerprint density at radius 2 is 1.94 bits per heavy atom. The molecule has 0 bridgehead atoms. The van der Waals surface area contributed by atoms with E-state index in [4.69, 9.17) is 6.42 Å². The van der Waals surface area contributed by atoms with E-state index in [0.717, 1.165) is 19.5 Å². The Labute approximate surface area is 114 Å². The highest BCUT2D eigenvalue weighted by Gasteiger charge is 2.39. The third-order valence-electron chi connectivity index (χ3n) is 4.70. The van der Waals surface area contributed by atoms with Crippen LogP contribution in [-0.2, 0) is 0 Å². The van der Waals surface area contributed by atoms with Gasteiger partial charge in [0.15, 0.2) is 0 Å². The predicted octanol–water partition coefficient (Wildman–Crippen LogP) is 2.89. The molecule has 0 radical (unpaired) electrons. The maximum Gasteiger partial charge on any atom is 0.0712 e. The van der Waals surface area contributed by atoms with Gasteiger partial charge in [-0.15, -0.1) is 6.42 Å². The van der Waals surface area contributed by atoms with E-state index in [1.165, 1.54) is 12.8 Å². The van der Waals surface area contributed by atoms with Gasteiger partial charge in [0.25, 0.3) is 0 Å². The summed E-state index contributed by atoms with van der Waals surface area (Å²) >= 11 is 0. The summed E-state index contributed by atoms with van der Waals surface area (Å²) in [4.78, 5) is 2.58. The Hall–Kier alpha value is -0.520. The minimum atomic E-state index is 0.260. The molecule has 0 aromatic heterocycles. The highest BCUT2D eigenvalue weighted by molar-refractivity contribution is 5.07. The lowest BCUT2D eigenvalue weighted by molar-refractivity contribution is 0.0321. The van der Waals surface area contributed by atoms with E-state index in [9.17, 15) is 0 Å². The van der Waals surface area contributed by atoms with Gasteiger partial charge in [-0.2, -0.15) is 0 Å². The first-order chi connectivity index (χ1) is 8.53. The van der Waals surface area contributed by atoms with Gasteiger partial charge in [-0.05, 0) is 25.2 Å². The summed E-state index contributed by atoms with van der Waals surface area (Å²) in [5, 5.41) is 3.79. The molecule has 0 aromatic carbocycles. The fourth-order valence-electron chi connectivity index (χ4n) is 3.09. The lowest BCUT2D eigenvalue weighted by atomic mass is 9.85. The Bertz CT molecular complexity index is 286. The first kappa shape index (κ1) is 15.5. The van der Waals surface area contributed by atoms with Crippen LogP contribution in [-0.4, -0.2) is 35.6 Å². The van der Waals surface area contributed by atoms with Crippen molar-refractivity contribution in [3.63, 3.8) is 0 Å². The van der Waals surface area contributed by atoms with Gasteiger partial charge in [0, 0.05) is 24.7 Å². The number of piperazine rings is 1. The Morgan fingerprint density at radius 1 is 1.33 bits per heavy atom. The van der Waals surface area contributed by atoms with E-state index < -0.39 is 0 Å². The van der Waals surface area contributed by atoms with Crippen molar-refractivity contribution in [2.75, 3.05) is 13.1 Å². The lowest BCUT2D eigenvalue weighted by Gasteiger charge is -2.50. The molecule has 2 nitrogen and oxygen atoms in total. The molecule has 1 aliphatic heterocycles. The Balaban J connectivity index is 2.93. The van der Waals surface area contributed by atoms with Gasteiger partial charge in [-0.25, -0.2) is 0 Å². The number of hydrogen-bond acceptors (Lipinski definition) is 2. The molecule has 104 valence electrons. The number of rotatable bonds is 5. The van der Waals surface area contributed by atoms with Crippen LogP contribution in [0.15, 0.2) is 0 Å². The van der Waals surface area contributed by atoms with Crippen LogP contribution in [0.25, 0.3) is 0 Å². The summed E-state index contributed by atoms with van der Waals surface area (Å²) in [5.74, 6) is 3.64. The number of hydrogen-bond donors (Lipinski definition) is 1. The average Bonchev–Trinajstić information content (AvgIpc) is 2.39. The van der Waals surface area contributed by atoms with Gasteiger partial charge in [0.2, 0.25) is 0 Å². The molecule has 1 heterocycles. The largest absolute Gasteiger partial charge is 0.308 e. The molecule has 2 unspecified atom stereocenters. The van der Waals surface area contributed by atoms with Crippen molar-refractivity contribution in [2.24, 2.45) is 5.92 Å². The molecule has 2 atom stereocenters. The molecule has 0 amide bonds. The minimum Gasteiger partial charge on any atom is -0.308 e. The van der Waals surface area contributed by atoms with Crippen molar-refractivity contribution < 1.29 is 0 Å². The van der Waals surface area contributed by atoms with Crippen LogP contribution in [0.1, 0.15) is 53.9 Å². The van der Waals surface area contributed by atoms with Crippen molar-refractivity contribution in [1.82, 2.24) is 10.2 Å². The summed E-state index contributed by atoms with van der Waals surface area (Å²) in [6.45, 7) is 13.5. The van der Waals surface area contributed by atoms with Crippen LogP contribution in [0.3, 0.4) is 0 Å². The summed E-state index contributed by atoms with van der Waals surface area (Å²) in [7, 11) is 0. The fraction of sp³-hybridized carbons (Fsp3) is 0.875. The highest BCUT2D eigenvalue weighted by atomic mass is 15.3. The molecule has 1 rings (SSSR count). The van der Waals surface area contributed by atoms with Crippen molar-refractivity contribution in [3.05, 3.63) is 0 Å². The SMILES string of the molecule is C#CC(CC)N1CC(CC)(CC)NCC1C(C)C. The molecule has 2 heteroatoms. The smallest absolute Gasteiger partial charge is 0.0712 e. The standard InChI is InChI=1S/C16H30N2/c1-7-14(8-2)18-12-16(9-3,10-4)17-11-15(18)13(5)6/h1,13-15,17H,8-12H2,2-6H3. The molecule has 1 fully saturated rings. The quantitative estimate of drug-likeness (QED) is 0.755. The van der Waals surface area contributed by atoms with Crippen LogP contribution in [0, 0.1) is 18.3 Å². The number of nitrogens with zero attached hydrogens (tertiary/aromatic N) is 1. The molecule has 0 aromatic rings. The van der Waals surface area contributed by atoms with Crippen molar-refractivity contribution in [2.45, 2.75) is 71.5 Å². The maximum absolute atomic E-state index is 5.74. The maximum atomic E-state index is 5.74. The Morgan fingerprint density at radius 3 is 2.33 bits per heavy atom. The van der Waals surface area contributed by atoms with Crippen LogP contribution in [0.2, 0.25) is 0 Å². The van der Waals surface area contributed by atoms with E-state index in [0.29, 0.717) is 12.0 Å². The van der Waals surface area contributed by atoms with Crippen molar-refractivity contribution in [3.8, 4) is 12.3 Å². The molecule has 0 saturated carbocycles. The molecule has 1 saturated heterocycles. The molecular weight excluding hydrogens is 220 g/mol. The zero-order chi connectivity index (χ0) is 13.8. The molecular formula is C16H30N2. The molecule has 1 aliphatic rings. The second kappa shape index (κ2) is 6.59. The predicted molar refractivity (Wildman–Crippen MR) is 79.6 cm³/mol. The van der Waals surface area contributed by atoms with E-state index in [-0.39, 0.29) is 11.6 Å². The van der Waals surface area contributed by atoms with E-state index in [2.05, 4.69) is 50.8 Å². The molecule has 0 spiro atoms. The Kier molecular flexibility index (Phi) is 5.69. The van der Waals surface area contributed by atoms with Gasteiger partial charge in [-0.3, -0.25) is 4.90 Å².